The molecule has 0 heterocycles. The van der Waals surface area contributed by atoms with Gasteiger partial charge in [-0.05, 0) is 25.7 Å². The predicted molar refractivity (Wildman–Crippen MR) is 130 cm³/mol. The second-order valence-electron chi connectivity index (χ2n) is 8.59. The third-order valence-corrected chi connectivity index (χ3v) is 5.47. The molecule has 0 aromatic rings. The summed E-state index contributed by atoms with van der Waals surface area (Å²) in [6.45, 7) is 5.84. The van der Waals surface area contributed by atoms with Gasteiger partial charge in [0.2, 0.25) is 0 Å². The van der Waals surface area contributed by atoms with Crippen molar-refractivity contribution < 1.29 is 15.3 Å². The van der Waals surface area contributed by atoms with Gasteiger partial charge < -0.3 is 15.3 Å². The minimum absolute atomic E-state index is 0.0301. The van der Waals surface area contributed by atoms with E-state index in [1.165, 1.54) is 77.0 Å². The molecule has 0 bridgehead atoms. The molecule has 0 radical (unpaired) electrons. The van der Waals surface area contributed by atoms with Gasteiger partial charge in [0.25, 0.3) is 0 Å². The molecule has 4 heteroatoms. The summed E-state index contributed by atoms with van der Waals surface area (Å²) in [5.74, 6) is 0. The van der Waals surface area contributed by atoms with E-state index >= 15 is 0 Å². The topological polar surface area (TPSA) is 63.9 Å². The number of nitrogens with zero attached hydrogens (tertiary/aromatic N) is 1. The van der Waals surface area contributed by atoms with Crippen molar-refractivity contribution in [3.63, 3.8) is 0 Å². The van der Waals surface area contributed by atoms with E-state index in [0.29, 0.717) is 19.6 Å². The van der Waals surface area contributed by atoms with Gasteiger partial charge in [0.05, 0.1) is 18.8 Å². The fourth-order valence-corrected chi connectivity index (χ4v) is 3.64. The van der Waals surface area contributed by atoms with Crippen LogP contribution in [0.1, 0.15) is 104 Å². The van der Waals surface area contributed by atoms with Gasteiger partial charge in [-0.25, -0.2) is 0 Å². The third kappa shape index (κ3) is 20.6. The molecule has 0 amide bonds. The quantitative estimate of drug-likeness (QED) is 0.156. The molecule has 0 aliphatic heterocycles. The van der Waals surface area contributed by atoms with Crippen molar-refractivity contribution in [2.75, 3.05) is 26.2 Å². The lowest BCUT2D eigenvalue weighted by Gasteiger charge is -2.24. The van der Waals surface area contributed by atoms with Gasteiger partial charge in [-0.1, -0.05) is 102 Å². The zero-order valence-corrected chi connectivity index (χ0v) is 20.0. The second kappa shape index (κ2) is 23.0. The van der Waals surface area contributed by atoms with Gasteiger partial charge in [-0.2, -0.15) is 0 Å². The lowest BCUT2D eigenvalue weighted by molar-refractivity contribution is 0.0905. The van der Waals surface area contributed by atoms with Gasteiger partial charge in [0.1, 0.15) is 0 Å². The molecule has 2 unspecified atom stereocenters. The van der Waals surface area contributed by atoms with Crippen molar-refractivity contribution in [3.05, 3.63) is 24.3 Å². The van der Waals surface area contributed by atoms with Crippen molar-refractivity contribution in [1.29, 1.82) is 0 Å². The zero-order valence-electron chi connectivity index (χ0n) is 20.0. The van der Waals surface area contributed by atoms with Crippen LogP contribution in [0.3, 0.4) is 0 Å². The number of hydrogen-bond donors (Lipinski definition) is 3. The highest BCUT2D eigenvalue weighted by atomic mass is 16.3. The van der Waals surface area contributed by atoms with E-state index in [0.717, 1.165) is 12.8 Å². The van der Waals surface area contributed by atoms with E-state index in [-0.39, 0.29) is 6.61 Å². The Morgan fingerprint density at radius 2 is 1.03 bits per heavy atom. The molecule has 0 rings (SSSR count). The number of hydrogen-bond acceptors (Lipinski definition) is 4. The molecule has 0 aromatic carbocycles. The van der Waals surface area contributed by atoms with Gasteiger partial charge in [0.15, 0.2) is 0 Å². The predicted octanol–water partition coefficient (Wildman–Crippen LogP) is 5.62. The first-order chi connectivity index (χ1) is 14.6. The standard InChI is InChI=1S/C26H51NO3/c1-3-5-7-9-11-13-15-17-19-25(29)23-27(21-22-28)24-26(30)20-18-16-14-12-10-8-6-4-2/h17-20,25-26,28-30H,3-16,21-24H2,1-2H3/b19-17+,20-18+. The van der Waals surface area contributed by atoms with Crippen LogP contribution < -0.4 is 0 Å². The maximum absolute atomic E-state index is 10.3. The molecule has 0 spiro atoms. The smallest absolute Gasteiger partial charge is 0.0847 e. The normalized spacial score (nSPS) is 14.3. The fraction of sp³-hybridized carbons (Fsp3) is 0.846. The van der Waals surface area contributed by atoms with Crippen molar-refractivity contribution >= 4 is 0 Å². The van der Waals surface area contributed by atoms with E-state index in [9.17, 15) is 15.3 Å². The SMILES string of the molecule is CCCCCCCC/C=C/C(O)CN(CCO)CC(O)/C=C/CCCCCCCC. The summed E-state index contributed by atoms with van der Waals surface area (Å²) in [4.78, 5) is 1.93. The van der Waals surface area contributed by atoms with Crippen molar-refractivity contribution in [3.8, 4) is 0 Å². The summed E-state index contributed by atoms with van der Waals surface area (Å²) in [7, 11) is 0. The molecule has 30 heavy (non-hydrogen) atoms. The number of unbranched alkanes of at least 4 members (excludes halogenated alkanes) is 12. The van der Waals surface area contributed by atoms with Crippen LogP contribution in [0.15, 0.2) is 24.3 Å². The maximum atomic E-state index is 10.3. The summed E-state index contributed by atoms with van der Waals surface area (Å²) in [5.41, 5.74) is 0. The van der Waals surface area contributed by atoms with Crippen molar-refractivity contribution in [2.24, 2.45) is 0 Å². The first-order valence-corrected chi connectivity index (χ1v) is 12.7. The molecule has 0 fully saturated rings. The minimum atomic E-state index is -0.559. The second-order valence-corrected chi connectivity index (χ2v) is 8.59. The van der Waals surface area contributed by atoms with Gasteiger partial charge in [-0.3, -0.25) is 4.90 Å². The van der Waals surface area contributed by atoms with Gasteiger partial charge >= 0.3 is 0 Å². The number of aliphatic hydroxyl groups excluding tert-OH is 3. The Balaban J connectivity index is 3.99. The van der Waals surface area contributed by atoms with Crippen molar-refractivity contribution in [1.82, 2.24) is 4.90 Å². The molecule has 178 valence electrons. The molecule has 0 aliphatic carbocycles. The lowest BCUT2D eigenvalue weighted by atomic mass is 10.1. The Labute approximate surface area is 187 Å². The fourth-order valence-electron chi connectivity index (χ4n) is 3.64. The average molecular weight is 426 g/mol. The Hall–Kier alpha value is -0.680. The molecule has 0 saturated heterocycles. The summed E-state index contributed by atoms with van der Waals surface area (Å²) >= 11 is 0. The first-order valence-electron chi connectivity index (χ1n) is 12.7. The molecule has 2 atom stereocenters. The number of rotatable bonds is 22. The largest absolute Gasteiger partial charge is 0.395 e. The number of allylic oxidation sites excluding steroid dienone is 2. The number of aliphatic hydroxyl groups is 3. The maximum Gasteiger partial charge on any atom is 0.0847 e. The lowest BCUT2D eigenvalue weighted by Crippen LogP contribution is -2.38. The van der Waals surface area contributed by atoms with E-state index in [1.807, 2.05) is 17.1 Å². The Morgan fingerprint density at radius 3 is 1.43 bits per heavy atom. The Morgan fingerprint density at radius 1 is 0.633 bits per heavy atom. The highest BCUT2D eigenvalue weighted by Gasteiger charge is 2.12. The molecule has 0 aromatic heterocycles. The van der Waals surface area contributed by atoms with Crippen LogP contribution >= 0.6 is 0 Å². The third-order valence-electron chi connectivity index (χ3n) is 5.47. The van der Waals surface area contributed by atoms with Crippen LogP contribution in [0.4, 0.5) is 0 Å². The summed E-state index contributed by atoms with van der Waals surface area (Å²) < 4.78 is 0. The van der Waals surface area contributed by atoms with Crippen LogP contribution in [0, 0.1) is 0 Å². The summed E-state index contributed by atoms with van der Waals surface area (Å²) in [6, 6.07) is 0. The molecular weight excluding hydrogens is 374 g/mol. The Bertz CT molecular complexity index is 364. The monoisotopic (exact) mass is 425 g/mol. The van der Waals surface area contributed by atoms with Crippen molar-refractivity contribution in [2.45, 2.75) is 116 Å². The summed E-state index contributed by atoms with van der Waals surface area (Å²) in [5, 5.41) is 29.8. The van der Waals surface area contributed by atoms with E-state index in [2.05, 4.69) is 26.0 Å². The first kappa shape index (κ1) is 29.3. The molecule has 0 aliphatic rings. The zero-order chi connectivity index (χ0) is 22.3. The van der Waals surface area contributed by atoms with E-state index in [1.54, 1.807) is 0 Å². The molecule has 3 N–H and O–H groups in total. The highest BCUT2D eigenvalue weighted by molar-refractivity contribution is 4.93. The molecule has 4 nitrogen and oxygen atoms in total. The average Bonchev–Trinajstić information content (AvgIpc) is 2.72. The Kier molecular flexibility index (Phi) is 22.5. The minimum Gasteiger partial charge on any atom is -0.395 e. The van der Waals surface area contributed by atoms with Gasteiger partial charge in [0, 0.05) is 19.6 Å². The van der Waals surface area contributed by atoms with Crippen LogP contribution in [-0.2, 0) is 0 Å². The molecule has 0 saturated carbocycles. The van der Waals surface area contributed by atoms with E-state index < -0.39 is 12.2 Å². The van der Waals surface area contributed by atoms with E-state index in [4.69, 9.17) is 0 Å². The van der Waals surface area contributed by atoms with Crippen LogP contribution in [0.25, 0.3) is 0 Å². The molecular formula is C26H51NO3. The van der Waals surface area contributed by atoms with Crippen LogP contribution in [0.5, 0.6) is 0 Å². The highest BCUT2D eigenvalue weighted by Crippen LogP contribution is 2.09. The summed E-state index contributed by atoms with van der Waals surface area (Å²) in [6.07, 6.45) is 24.1. The van der Waals surface area contributed by atoms with Gasteiger partial charge in [-0.15, -0.1) is 0 Å². The van der Waals surface area contributed by atoms with Crippen LogP contribution in [-0.4, -0.2) is 58.7 Å². The van der Waals surface area contributed by atoms with Crippen LogP contribution in [0.2, 0.25) is 0 Å².